The summed E-state index contributed by atoms with van der Waals surface area (Å²) in [5.41, 5.74) is 1.33. The molecule has 20 heavy (non-hydrogen) atoms. The van der Waals surface area contributed by atoms with Crippen molar-refractivity contribution in [1.82, 2.24) is 9.88 Å². The van der Waals surface area contributed by atoms with Gasteiger partial charge in [0.15, 0.2) is 0 Å². The molecule has 3 aromatic rings. The third-order valence-corrected chi connectivity index (χ3v) is 4.73. The van der Waals surface area contributed by atoms with Crippen molar-refractivity contribution in [3.05, 3.63) is 58.9 Å². The standard InChI is InChI=1S/C17H20N2S/c1-14(17-8-4-13-20-17)18-10-5-11-19-12-9-15-6-2-3-7-16(15)19/h2-4,6-9,12-14,18H,5,10-11H2,1H3. The van der Waals surface area contributed by atoms with Crippen LogP contribution in [0.4, 0.5) is 0 Å². The first-order valence-corrected chi connectivity index (χ1v) is 8.03. The van der Waals surface area contributed by atoms with Gasteiger partial charge in [0.2, 0.25) is 0 Å². The lowest BCUT2D eigenvalue weighted by Crippen LogP contribution is -2.20. The highest BCUT2D eigenvalue weighted by Gasteiger charge is 2.05. The summed E-state index contributed by atoms with van der Waals surface area (Å²) in [4.78, 5) is 1.41. The molecule has 0 aliphatic carbocycles. The normalized spacial score (nSPS) is 12.8. The highest BCUT2D eigenvalue weighted by Crippen LogP contribution is 2.18. The van der Waals surface area contributed by atoms with E-state index in [1.54, 1.807) is 0 Å². The molecule has 0 saturated carbocycles. The average molecular weight is 284 g/mol. The van der Waals surface area contributed by atoms with Crippen molar-refractivity contribution in [2.75, 3.05) is 6.54 Å². The first-order chi connectivity index (χ1) is 9.84. The molecule has 1 atom stereocenters. The molecule has 104 valence electrons. The van der Waals surface area contributed by atoms with Crippen LogP contribution < -0.4 is 5.32 Å². The van der Waals surface area contributed by atoms with E-state index in [1.807, 2.05) is 11.3 Å². The van der Waals surface area contributed by atoms with Crippen LogP contribution in [0.15, 0.2) is 54.0 Å². The van der Waals surface area contributed by atoms with Gasteiger partial charge < -0.3 is 9.88 Å². The van der Waals surface area contributed by atoms with Gasteiger partial charge in [-0.15, -0.1) is 11.3 Å². The number of rotatable bonds is 6. The summed E-state index contributed by atoms with van der Waals surface area (Å²) >= 11 is 1.82. The topological polar surface area (TPSA) is 17.0 Å². The highest BCUT2D eigenvalue weighted by molar-refractivity contribution is 7.10. The van der Waals surface area contributed by atoms with E-state index in [0.29, 0.717) is 6.04 Å². The molecule has 0 saturated heterocycles. The first-order valence-electron chi connectivity index (χ1n) is 7.15. The monoisotopic (exact) mass is 284 g/mol. The zero-order valence-electron chi connectivity index (χ0n) is 11.8. The summed E-state index contributed by atoms with van der Waals surface area (Å²) < 4.78 is 2.34. The van der Waals surface area contributed by atoms with E-state index in [1.165, 1.54) is 15.8 Å². The second-order valence-corrected chi connectivity index (χ2v) is 6.09. The fourth-order valence-electron chi connectivity index (χ4n) is 2.54. The third kappa shape index (κ3) is 2.94. The predicted octanol–water partition coefficient (Wildman–Crippen LogP) is 4.44. The Bertz CT molecular complexity index is 655. The van der Waals surface area contributed by atoms with Crippen LogP contribution in [0.5, 0.6) is 0 Å². The molecule has 3 rings (SSSR count). The maximum Gasteiger partial charge on any atom is 0.0480 e. The highest BCUT2D eigenvalue weighted by atomic mass is 32.1. The summed E-state index contributed by atoms with van der Waals surface area (Å²) in [5, 5.41) is 7.06. The quantitative estimate of drug-likeness (QED) is 0.662. The number of nitrogens with one attached hydrogen (secondary N) is 1. The number of para-hydroxylation sites is 1. The van der Waals surface area contributed by atoms with Crippen molar-refractivity contribution < 1.29 is 0 Å². The molecular formula is C17H20N2S. The summed E-state index contributed by atoms with van der Waals surface area (Å²) in [6.45, 7) is 4.35. The molecule has 1 N–H and O–H groups in total. The number of aryl methyl sites for hydroxylation is 1. The Kier molecular flexibility index (Phi) is 4.19. The molecule has 0 fully saturated rings. The lowest BCUT2D eigenvalue weighted by molar-refractivity contribution is 0.536. The van der Waals surface area contributed by atoms with Crippen LogP contribution in [-0.4, -0.2) is 11.1 Å². The number of thiophene rings is 1. The summed E-state index contributed by atoms with van der Waals surface area (Å²) in [6.07, 6.45) is 3.34. The second-order valence-electron chi connectivity index (χ2n) is 5.11. The number of aromatic nitrogens is 1. The summed E-state index contributed by atoms with van der Waals surface area (Å²) in [5.74, 6) is 0. The van der Waals surface area contributed by atoms with E-state index < -0.39 is 0 Å². The Morgan fingerprint density at radius 1 is 1.15 bits per heavy atom. The van der Waals surface area contributed by atoms with Gasteiger partial charge in [0.1, 0.15) is 0 Å². The summed E-state index contributed by atoms with van der Waals surface area (Å²) in [6, 6.07) is 15.5. The van der Waals surface area contributed by atoms with Gasteiger partial charge in [-0.05, 0) is 48.9 Å². The Morgan fingerprint density at radius 3 is 2.90 bits per heavy atom. The summed E-state index contributed by atoms with van der Waals surface area (Å²) in [7, 11) is 0. The number of nitrogens with zero attached hydrogens (tertiary/aromatic N) is 1. The number of hydrogen-bond donors (Lipinski definition) is 1. The second kappa shape index (κ2) is 6.25. The van der Waals surface area contributed by atoms with E-state index in [2.05, 4.69) is 70.8 Å². The minimum Gasteiger partial charge on any atom is -0.347 e. The van der Waals surface area contributed by atoms with Crippen molar-refractivity contribution in [3.63, 3.8) is 0 Å². The van der Waals surface area contributed by atoms with Gasteiger partial charge in [-0.25, -0.2) is 0 Å². The first kappa shape index (κ1) is 13.4. The van der Waals surface area contributed by atoms with Gasteiger partial charge in [0.05, 0.1) is 0 Å². The number of benzene rings is 1. The van der Waals surface area contributed by atoms with Crippen LogP contribution in [0.1, 0.15) is 24.3 Å². The number of hydrogen-bond acceptors (Lipinski definition) is 2. The van der Waals surface area contributed by atoms with Crippen molar-refractivity contribution in [2.24, 2.45) is 0 Å². The predicted molar refractivity (Wildman–Crippen MR) is 87.3 cm³/mol. The lowest BCUT2D eigenvalue weighted by Gasteiger charge is -2.12. The van der Waals surface area contributed by atoms with E-state index >= 15 is 0 Å². The van der Waals surface area contributed by atoms with Crippen LogP contribution in [0.2, 0.25) is 0 Å². The molecule has 0 aliphatic rings. The van der Waals surface area contributed by atoms with Crippen molar-refractivity contribution in [1.29, 1.82) is 0 Å². The molecule has 2 nitrogen and oxygen atoms in total. The molecule has 0 spiro atoms. The molecule has 2 aromatic heterocycles. The Morgan fingerprint density at radius 2 is 2.05 bits per heavy atom. The van der Waals surface area contributed by atoms with Gasteiger partial charge in [-0.3, -0.25) is 0 Å². The number of fused-ring (bicyclic) bond motifs is 1. The SMILES string of the molecule is CC(NCCCn1ccc2ccccc21)c1cccs1. The van der Waals surface area contributed by atoms with Gasteiger partial charge in [0.25, 0.3) is 0 Å². The van der Waals surface area contributed by atoms with Crippen molar-refractivity contribution in [2.45, 2.75) is 25.9 Å². The Hall–Kier alpha value is -1.58. The van der Waals surface area contributed by atoms with E-state index in [0.717, 1.165) is 19.5 Å². The zero-order chi connectivity index (χ0) is 13.8. The van der Waals surface area contributed by atoms with Gasteiger partial charge in [-0.2, -0.15) is 0 Å². The van der Waals surface area contributed by atoms with E-state index in [9.17, 15) is 0 Å². The molecule has 1 unspecified atom stereocenters. The molecule has 2 heterocycles. The molecule has 0 radical (unpaired) electrons. The fraction of sp³-hybridized carbons (Fsp3) is 0.294. The van der Waals surface area contributed by atoms with Gasteiger partial charge in [-0.1, -0.05) is 24.3 Å². The van der Waals surface area contributed by atoms with Crippen molar-refractivity contribution in [3.8, 4) is 0 Å². The van der Waals surface area contributed by atoms with Gasteiger partial charge in [0, 0.05) is 29.2 Å². The third-order valence-electron chi connectivity index (χ3n) is 3.68. The molecule has 3 heteroatoms. The smallest absolute Gasteiger partial charge is 0.0480 e. The van der Waals surface area contributed by atoms with Crippen LogP contribution in [0.3, 0.4) is 0 Å². The molecule has 1 aromatic carbocycles. The maximum absolute atomic E-state index is 3.59. The molecule has 0 aliphatic heterocycles. The van der Waals surface area contributed by atoms with Crippen LogP contribution in [0.25, 0.3) is 10.9 Å². The molecule has 0 bridgehead atoms. The van der Waals surface area contributed by atoms with Crippen LogP contribution in [-0.2, 0) is 6.54 Å². The molecule has 0 amide bonds. The molecular weight excluding hydrogens is 264 g/mol. The largest absolute Gasteiger partial charge is 0.347 e. The lowest BCUT2D eigenvalue weighted by atomic mass is 10.2. The fourth-order valence-corrected chi connectivity index (χ4v) is 3.30. The van der Waals surface area contributed by atoms with Gasteiger partial charge >= 0.3 is 0 Å². The van der Waals surface area contributed by atoms with E-state index in [-0.39, 0.29) is 0 Å². The van der Waals surface area contributed by atoms with Crippen LogP contribution in [0, 0.1) is 0 Å². The average Bonchev–Trinajstić information content (AvgIpc) is 3.13. The minimum absolute atomic E-state index is 0.455. The van der Waals surface area contributed by atoms with Crippen molar-refractivity contribution >= 4 is 22.2 Å². The Balaban J connectivity index is 1.50. The van der Waals surface area contributed by atoms with E-state index in [4.69, 9.17) is 0 Å². The maximum atomic E-state index is 3.59. The zero-order valence-corrected chi connectivity index (χ0v) is 12.6. The minimum atomic E-state index is 0.455. The van der Waals surface area contributed by atoms with Crippen LogP contribution >= 0.6 is 11.3 Å². The Labute approximate surface area is 124 Å².